The number of anilines is 1. The Morgan fingerprint density at radius 2 is 1.29 bits per heavy atom. The lowest BCUT2D eigenvalue weighted by Crippen LogP contribution is -2.09. The van der Waals surface area contributed by atoms with Gasteiger partial charge in [-0.1, -0.05) is 66.7 Å². The molecule has 0 spiro atoms. The molecule has 0 aliphatic carbocycles. The number of rotatable bonds is 6. The first-order chi connectivity index (χ1) is 11.8. The number of hydrogen-bond donors (Lipinski definition) is 2. The summed E-state index contributed by atoms with van der Waals surface area (Å²) in [5.74, 6) is 0. The Balaban J connectivity index is 1.87. The minimum Gasteiger partial charge on any atom is -0.399 e. The molecule has 122 valence electrons. The number of benzene rings is 3. The Bertz CT molecular complexity index is 752. The molecule has 0 bridgehead atoms. The number of aliphatic hydroxyl groups is 1. The summed E-state index contributed by atoms with van der Waals surface area (Å²) < 4.78 is 5.86. The Morgan fingerprint density at radius 1 is 0.750 bits per heavy atom. The van der Waals surface area contributed by atoms with Gasteiger partial charge in [0.15, 0.2) is 0 Å². The second kappa shape index (κ2) is 7.77. The molecule has 0 heterocycles. The predicted molar refractivity (Wildman–Crippen MR) is 97.6 cm³/mol. The highest BCUT2D eigenvalue weighted by Gasteiger charge is 2.14. The van der Waals surface area contributed by atoms with Gasteiger partial charge in [-0.05, 0) is 34.4 Å². The summed E-state index contributed by atoms with van der Waals surface area (Å²) in [6.45, 7) is 0.312. The first kappa shape index (κ1) is 16.2. The maximum atomic E-state index is 9.09. The lowest BCUT2D eigenvalue weighted by atomic mass is 9.98. The molecule has 0 saturated heterocycles. The Kier molecular flexibility index (Phi) is 5.26. The SMILES string of the molecule is Nc1ccc(-c2ccc(C(OCCO)c3ccccc3)cc2)cc1. The van der Waals surface area contributed by atoms with Crippen molar-refractivity contribution in [3.63, 3.8) is 0 Å². The maximum absolute atomic E-state index is 9.09. The maximum Gasteiger partial charge on any atom is 0.108 e. The minimum absolute atomic E-state index is 0.00680. The second-order valence-corrected chi connectivity index (χ2v) is 5.63. The molecule has 3 nitrogen and oxygen atoms in total. The highest BCUT2D eigenvalue weighted by molar-refractivity contribution is 5.65. The van der Waals surface area contributed by atoms with Crippen LogP contribution in [-0.2, 0) is 4.74 Å². The molecule has 3 N–H and O–H groups in total. The molecule has 3 heteroatoms. The van der Waals surface area contributed by atoms with Crippen LogP contribution in [0, 0.1) is 0 Å². The molecule has 3 rings (SSSR count). The molecule has 0 saturated carbocycles. The molecule has 24 heavy (non-hydrogen) atoms. The van der Waals surface area contributed by atoms with Crippen LogP contribution in [0.2, 0.25) is 0 Å². The van der Waals surface area contributed by atoms with Gasteiger partial charge in [0.2, 0.25) is 0 Å². The van der Waals surface area contributed by atoms with E-state index in [1.165, 1.54) is 0 Å². The molecule has 0 aliphatic rings. The first-order valence-electron chi connectivity index (χ1n) is 8.01. The van der Waals surface area contributed by atoms with Crippen LogP contribution in [0.4, 0.5) is 5.69 Å². The molecular weight excluding hydrogens is 298 g/mol. The summed E-state index contributed by atoms with van der Waals surface area (Å²) >= 11 is 0. The van der Waals surface area contributed by atoms with E-state index >= 15 is 0 Å². The van der Waals surface area contributed by atoms with E-state index in [-0.39, 0.29) is 12.7 Å². The van der Waals surface area contributed by atoms with Gasteiger partial charge < -0.3 is 15.6 Å². The van der Waals surface area contributed by atoms with Crippen molar-refractivity contribution in [2.24, 2.45) is 0 Å². The van der Waals surface area contributed by atoms with Crippen molar-refractivity contribution in [1.29, 1.82) is 0 Å². The fourth-order valence-electron chi connectivity index (χ4n) is 2.71. The molecular formula is C21H21NO2. The number of nitrogens with two attached hydrogens (primary N) is 1. The van der Waals surface area contributed by atoms with E-state index in [9.17, 15) is 0 Å². The highest BCUT2D eigenvalue weighted by atomic mass is 16.5. The van der Waals surface area contributed by atoms with Gasteiger partial charge in [0.05, 0.1) is 13.2 Å². The van der Waals surface area contributed by atoms with E-state index in [0.717, 1.165) is 27.9 Å². The van der Waals surface area contributed by atoms with Gasteiger partial charge in [0.25, 0.3) is 0 Å². The van der Waals surface area contributed by atoms with Gasteiger partial charge in [-0.3, -0.25) is 0 Å². The van der Waals surface area contributed by atoms with Crippen LogP contribution in [0.15, 0.2) is 78.9 Å². The number of ether oxygens (including phenoxy) is 1. The summed E-state index contributed by atoms with van der Waals surface area (Å²) in [6, 6.07) is 26.2. The van der Waals surface area contributed by atoms with Gasteiger partial charge in [-0.2, -0.15) is 0 Å². The van der Waals surface area contributed by atoms with E-state index in [4.69, 9.17) is 15.6 Å². The third-order valence-corrected chi connectivity index (χ3v) is 3.94. The molecule has 1 unspecified atom stereocenters. The molecule has 0 aliphatic heterocycles. The molecule has 0 radical (unpaired) electrons. The van der Waals surface area contributed by atoms with Crippen LogP contribution in [-0.4, -0.2) is 18.3 Å². The second-order valence-electron chi connectivity index (χ2n) is 5.63. The topological polar surface area (TPSA) is 55.5 Å². The van der Waals surface area contributed by atoms with Crippen LogP contribution in [0.25, 0.3) is 11.1 Å². The van der Waals surface area contributed by atoms with Crippen LogP contribution < -0.4 is 5.73 Å². The average molecular weight is 319 g/mol. The van der Waals surface area contributed by atoms with E-state index in [1.807, 2.05) is 54.6 Å². The van der Waals surface area contributed by atoms with E-state index in [0.29, 0.717) is 6.61 Å². The van der Waals surface area contributed by atoms with E-state index in [1.54, 1.807) is 0 Å². The Labute approximate surface area is 142 Å². The fourth-order valence-corrected chi connectivity index (χ4v) is 2.71. The molecule has 0 aromatic heterocycles. The first-order valence-corrected chi connectivity index (χ1v) is 8.01. The van der Waals surface area contributed by atoms with Crippen molar-refractivity contribution in [2.75, 3.05) is 18.9 Å². The van der Waals surface area contributed by atoms with Gasteiger partial charge in [-0.25, -0.2) is 0 Å². The van der Waals surface area contributed by atoms with Crippen LogP contribution >= 0.6 is 0 Å². The van der Waals surface area contributed by atoms with Crippen molar-refractivity contribution < 1.29 is 9.84 Å². The number of aliphatic hydroxyl groups excluding tert-OH is 1. The van der Waals surface area contributed by atoms with Crippen molar-refractivity contribution in [2.45, 2.75) is 6.10 Å². The molecule has 1 atom stereocenters. The summed E-state index contributed by atoms with van der Waals surface area (Å²) in [5, 5.41) is 9.09. The average Bonchev–Trinajstić information content (AvgIpc) is 2.64. The largest absolute Gasteiger partial charge is 0.399 e. The molecule has 0 fully saturated rings. The fraction of sp³-hybridized carbons (Fsp3) is 0.143. The standard InChI is InChI=1S/C21H21NO2/c22-20-12-10-17(11-13-20)16-6-8-19(9-7-16)21(24-15-14-23)18-4-2-1-3-5-18/h1-13,21,23H,14-15,22H2. The predicted octanol–water partition coefficient (Wildman–Crippen LogP) is 4.03. The van der Waals surface area contributed by atoms with Crippen molar-refractivity contribution in [1.82, 2.24) is 0 Å². The third-order valence-electron chi connectivity index (χ3n) is 3.94. The zero-order chi connectivity index (χ0) is 16.8. The van der Waals surface area contributed by atoms with Crippen LogP contribution in [0.1, 0.15) is 17.2 Å². The van der Waals surface area contributed by atoms with Crippen LogP contribution in [0.3, 0.4) is 0 Å². The zero-order valence-electron chi connectivity index (χ0n) is 13.4. The lowest BCUT2D eigenvalue weighted by Gasteiger charge is -2.19. The smallest absolute Gasteiger partial charge is 0.108 e. The van der Waals surface area contributed by atoms with Crippen molar-refractivity contribution in [3.05, 3.63) is 90.0 Å². The monoisotopic (exact) mass is 319 g/mol. The summed E-state index contributed by atoms with van der Waals surface area (Å²) in [6.07, 6.45) is -0.182. The van der Waals surface area contributed by atoms with E-state index in [2.05, 4.69) is 24.3 Å². The summed E-state index contributed by atoms with van der Waals surface area (Å²) in [4.78, 5) is 0. The van der Waals surface area contributed by atoms with E-state index < -0.39 is 0 Å². The van der Waals surface area contributed by atoms with Crippen molar-refractivity contribution in [3.8, 4) is 11.1 Å². The lowest BCUT2D eigenvalue weighted by molar-refractivity contribution is 0.0501. The Morgan fingerprint density at radius 3 is 1.88 bits per heavy atom. The molecule has 3 aromatic rings. The quantitative estimate of drug-likeness (QED) is 0.674. The minimum atomic E-state index is -0.182. The van der Waals surface area contributed by atoms with Crippen molar-refractivity contribution >= 4 is 5.69 Å². The zero-order valence-corrected chi connectivity index (χ0v) is 13.4. The van der Waals surface area contributed by atoms with Gasteiger partial charge in [0, 0.05) is 5.69 Å². The highest BCUT2D eigenvalue weighted by Crippen LogP contribution is 2.28. The summed E-state index contributed by atoms with van der Waals surface area (Å²) in [7, 11) is 0. The molecule has 0 amide bonds. The van der Waals surface area contributed by atoms with Crippen LogP contribution in [0.5, 0.6) is 0 Å². The molecule has 3 aromatic carbocycles. The summed E-state index contributed by atoms with van der Waals surface area (Å²) in [5.41, 5.74) is 10.9. The van der Waals surface area contributed by atoms with Gasteiger partial charge >= 0.3 is 0 Å². The Hall–Kier alpha value is -2.62. The van der Waals surface area contributed by atoms with Gasteiger partial charge in [-0.15, -0.1) is 0 Å². The third kappa shape index (κ3) is 3.82. The number of nitrogen functional groups attached to an aromatic ring is 1. The van der Waals surface area contributed by atoms with Gasteiger partial charge in [0.1, 0.15) is 6.10 Å². The normalized spacial score (nSPS) is 12.0. The number of hydrogen-bond acceptors (Lipinski definition) is 3.